The van der Waals surface area contributed by atoms with E-state index in [0.29, 0.717) is 18.2 Å². The third-order valence-electron chi connectivity index (χ3n) is 5.89. The van der Waals surface area contributed by atoms with Crippen molar-refractivity contribution in [1.29, 1.82) is 0 Å². The number of ether oxygens (including phenoxy) is 3. The predicted octanol–water partition coefficient (Wildman–Crippen LogP) is 6.77. The zero-order valence-corrected chi connectivity index (χ0v) is 19.6. The molecule has 0 bridgehead atoms. The maximum atomic E-state index is 6.44. The van der Waals surface area contributed by atoms with Crippen LogP contribution < -0.4 is 14.2 Å². The van der Waals surface area contributed by atoms with Gasteiger partial charge in [-0.15, -0.1) is 0 Å². The number of fused-ring (bicyclic) bond motifs is 3. The van der Waals surface area contributed by atoms with Gasteiger partial charge in [-0.25, -0.2) is 5.01 Å². The molecule has 5 nitrogen and oxygen atoms in total. The van der Waals surface area contributed by atoms with Crippen LogP contribution in [-0.2, 0) is 0 Å². The van der Waals surface area contributed by atoms with Gasteiger partial charge in [-0.1, -0.05) is 18.5 Å². The molecule has 0 N–H and O–H groups in total. The van der Waals surface area contributed by atoms with Gasteiger partial charge in [0, 0.05) is 22.6 Å². The van der Waals surface area contributed by atoms with Crippen LogP contribution in [0.4, 0.5) is 0 Å². The third-order valence-corrected chi connectivity index (χ3v) is 6.12. The summed E-state index contributed by atoms with van der Waals surface area (Å²) in [4.78, 5) is 0. The van der Waals surface area contributed by atoms with E-state index in [2.05, 4.69) is 36.2 Å². The number of halogens is 1. The van der Waals surface area contributed by atoms with Gasteiger partial charge in [0.25, 0.3) is 0 Å². The molecule has 2 atom stereocenters. The van der Waals surface area contributed by atoms with E-state index >= 15 is 0 Å². The first-order valence-corrected chi connectivity index (χ1v) is 11.8. The van der Waals surface area contributed by atoms with Crippen molar-refractivity contribution in [2.45, 2.75) is 39.0 Å². The van der Waals surface area contributed by atoms with Crippen molar-refractivity contribution < 1.29 is 14.2 Å². The fraction of sp³-hybridized carbons (Fsp3) is 0.296. The van der Waals surface area contributed by atoms with Crippen LogP contribution in [0.2, 0.25) is 5.02 Å². The summed E-state index contributed by atoms with van der Waals surface area (Å²) in [5.74, 6) is 2.57. The molecule has 33 heavy (non-hydrogen) atoms. The fourth-order valence-electron chi connectivity index (χ4n) is 4.31. The third kappa shape index (κ3) is 4.38. The highest BCUT2D eigenvalue weighted by Gasteiger charge is 2.41. The molecule has 6 heteroatoms. The minimum Gasteiger partial charge on any atom is -0.494 e. The van der Waals surface area contributed by atoms with Crippen molar-refractivity contribution in [3.05, 3.63) is 88.4 Å². The van der Waals surface area contributed by atoms with E-state index in [9.17, 15) is 0 Å². The minimum absolute atomic E-state index is 0.0510. The molecule has 0 amide bonds. The van der Waals surface area contributed by atoms with E-state index in [1.165, 1.54) is 0 Å². The van der Waals surface area contributed by atoms with Gasteiger partial charge in [0.05, 0.1) is 25.0 Å². The van der Waals surface area contributed by atoms with Crippen molar-refractivity contribution in [2.75, 3.05) is 13.2 Å². The summed E-state index contributed by atoms with van der Waals surface area (Å²) < 4.78 is 17.8. The zero-order chi connectivity index (χ0) is 22.8. The highest BCUT2D eigenvalue weighted by Crippen LogP contribution is 2.48. The number of hydrogen-bond donors (Lipinski definition) is 0. The van der Waals surface area contributed by atoms with Crippen LogP contribution in [-0.4, -0.2) is 23.9 Å². The number of hydrogen-bond acceptors (Lipinski definition) is 5. The molecule has 2 heterocycles. The molecular formula is C27H27ClN2O3. The average Bonchev–Trinajstić information content (AvgIpc) is 3.29. The van der Waals surface area contributed by atoms with Crippen LogP contribution in [0.15, 0.2) is 71.8 Å². The summed E-state index contributed by atoms with van der Waals surface area (Å²) in [7, 11) is 0. The molecular weight excluding hydrogens is 436 g/mol. The molecule has 0 aliphatic carbocycles. The van der Waals surface area contributed by atoms with Crippen molar-refractivity contribution in [3.8, 4) is 17.2 Å². The number of rotatable bonds is 7. The molecule has 0 unspecified atom stereocenters. The summed E-state index contributed by atoms with van der Waals surface area (Å²) in [5, 5.41) is 7.78. The quantitative estimate of drug-likeness (QED) is 0.388. The molecule has 0 saturated carbocycles. The molecule has 0 spiro atoms. The average molecular weight is 463 g/mol. The Morgan fingerprint density at radius 1 is 0.970 bits per heavy atom. The van der Waals surface area contributed by atoms with Gasteiger partial charge in [0.15, 0.2) is 0 Å². The Hall–Kier alpha value is -3.18. The molecule has 2 aliphatic heterocycles. The molecule has 0 aromatic heterocycles. The van der Waals surface area contributed by atoms with E-state index in [0.717, 1.165) is 52.5 Å². The Bertz CT molecular complexity index is 1150. The van der Waals surface area contributed by atoms with E-state index in [-0.39, 0.29) is 12.3 Å². The molecule has 0 saturated heterocycles. The lowest BCUT2D eigenvalue weighted by atomic mass is 9.96. The van der Waals surface area contributed by atoms with E-state index < -0.39 is 0 Å². The van der Waals surface area contributed by atoms with Crippen molar-refractivity contribution >= 4 is 17.3 Å². The minimum atomic E-state index is -0.330. The first-order chi connectivity index (χ1) is 16.2. The van der Waals surface area contributed by atoms with Gasteiger partial charge in [0.1, 0.15) is 17.2 Å². The van der Waals surface area contributed by atoms with Gasteiger partial charge in [-0.2, -0.15) is 5.10 Å². The van der Waals surface area contributed by atoms with Crippen molar-refractivity contribution in [3.63, 3.8) is 0 Å². The van der Waals surface area contributed by atoms with Crippen LogP contribution in [0.5, 0.6) is 17.2 Å². The predicted molar refractivity (Wildman–Crippen MR) is 130 cm³/mol. The van der Waals surface area contributed by atoms with Crippen LogP contribution >= 0.6 is 11.6 Å². The smallest absolute Gasteiger partial charge is 0.213 e. The van der Waals surface area contributed by atoms with Gasteiger partial charge in [-0.05, 0) is 85.6 Å². The summed E-state index contributed by atoms with van der Waals surface area (Å²) in [6.07, 6.45) is 1.42. The van der Waals surface area contributed by atoms with E-state index in [1.54, 1.807) is 0 Å². The second kappa shape index (κ2) is 9.36. The molecule has 0 fully saturated rings. The summed E-state index contributed by atoms with van der Waals surface area (Å²) in [6.45, 7) is 5.44. The standard InChI is InChI=1S/C27H27ClN2O3/c1-3-15-32-22-12-7-19(8-13-22)27-30-25(23-16-20(28)9-14-26(23)33-27)17-24(29-30)18-5-10-21(11-6-18)31-4-2/h5-14,16,25,27H,3-4,15,17H2,1-2H3/t25-,27-/m0/s1. The number of nitrogens with zero attached hydrogens (tertiary/aromatic N) is 2. The first-order valence-electron chi connectivity index (χ1n) is 11.4. The lowest BCUT2D eigenvalue weighted by Gasteiger charge is -2.38. The summed E-state index contributed by atoms with van der Waals surface area (Å²) in [6, 6.07) is 22.1. The Kier molecular flexibility index (Phi) is 6.14. The Morgan fingerprint density at radius 2 is 1.70 bits per heavy atom. The van der Waals surface area contributed by atoms with Gasteiger partial charge in [-0.3, -0.25) is 0 Å². The van der Waals surface area contributed by atoms with Crippen LogP contribution in [0.25, 0.3) is 0 Å². The Balaban J connectivity index is 1.48. The molecule has 0 radical (unpaired) electrons. The lowest BCUT2D eigenvalue weighted by Crippen LogP contribution is -2.33. The second-order valence-electron chi connectivity index (χ2n) is 8.17. The van der Waals surface area contributed by atoms with Crippen LogP contribution in [0, 0.1) is 0 Å². The molecule has 2 aliphatic rings. The van der Waals surface area contributed by atoms with Gasteiger partial charge >= 0.3 is 0 Å². The van der Waals surface area contributed by atoms with Crippen molar-refractivity contribution in [2.24, 2.45) is 5.10 Å². The second-order valence-corrected chi connectivity index (χ2v) is 8.61. The highest BCUT2D eigenvalue weighted by molar-refractivity contribution is 6.30. The number of hydrazone groups is 1. The first kappa shape index (κ1) is 21.7. The largest absolute Gasteiger partial charge is 0.494 e. The molecule has 3 aromatic rings. The zero-order valence-electron chi connectivity index (χ0n) is 18.8. The van der Waals surface area contributed by atoms with Crippen LogP contribution in [0.3, 0.4) is 0 Å². The summed E-state index contributed by atoms with van der Waals surface area (Å²) in [5.41, 5.74) is 4.19. The maximum absolute atomic E-state index is 6.44. The normalized spacial score (nSPS) is 18.8. The Morgan fingerprint density at radius 3 is 2.42 bits per heavy atom. The molecule has 170 valence electrons. The number of benzene rings is 3. The van der Waals surface area contributed by atoms with Crippen molar-refractivity contribution in [1.82, 2.24) is 5.01 Å². The highest BCUT2D eigenvalue weighted by atomic mass is 35.5. The van der Waals surface area contributed by atoms with Gasteiger partial charge in [0.2, 0.25) is 6.23 Å². The lowest BCUT2D eigenvalue weighted by molar-refractivity contribution is -0.0190. The van der Waals surface area contributed by atoms with E-state index in [4.69, 9.17) is 30.9 Å². The Labute approximate surface area is 199 Å². The summed E-state index contributed by atoms with van der Waals surface area (Å²) >= 11 is 6.34. The molecule has 3 aromatic carbocycles. The van der Waals surface area contributed by atoms with Crippen LogP contribution in [0.1, 0.15) is 55.6 Å². The monoisotopic (exact) mass is 462 g/mol. The molecule has 5 rings (SSSR count). The fourth-order valence-corrected chi connectivity index (χ4v) is 4.49. The topological polar surface area (TPSA) is 43.3 Å². The SMILES string of the molecule is CCCOc1ccc([C@@H]2Oc3ccc(Cl)cc3[C@@H]3CC(c4ccc(OCC)cc4)=NN32)cc1. The van der Waals surface area contributed by atoms with E-state index in [1.807, 2.05) is 49.4 Å². The maximum Gasteiger partial charge on any atom is 0.213 e. The van der Waals surface area contributed by atoms with Gasteiger partial charge < -0.3 is 14.2 Å².